The minimum atomic E-state index is 0.360. The molecule has 0 bridgehead atoms. The van der Waals surface area contributed by atoms with E-state index in [1.54, 1.807) is 0 Å². The van der Waals surface area contributed by atoms with Crippen molar-refractivity contribution < 1.29 is 4.74 Å². The topological polar surface area (TPSA) is 21.3 Å². The molecule has 2 nitrogen and oxygen atoms in total. The van der Waals surface area contributed by atoms with Crippen LogP contribution in [0.5, 0.6) is 5.75 Å². The molecule has 0 saturated heterocycles. The van der Waals surface area contributed by atoms with Gasteiger partial charge in [-0.15, -0.1) is 0 Å². The van der Waals surface area contributed by atoms with Gasteiger partial charge in [0.25, 0.3) is 0 Å². The molecule has 0 amide bonds. The highest BCUT2D eigenvalue weighted by molar-refractivity contribution is 5.20. The number of hydrogen-bond acceptors (Lipinski definition) is 2. The van der Waals surface area contributed by atoms with Crippen LogP contribution in [-0.4, -0.2) is 19.2 Å². The van der Waals surface area contributed by atoms with Gasteiger partial charge in [-0.25, -0.2) is 0 Å². The number of hydrogen-bond donors (Lipinski definition) is 1. The van der Waals surface area contributed by atoms with E-state index in [-0.39, 0.29) is 0 Å². The maximum atomic E-state index is 5.69. The van der Waals surface area contributed by atoms with E-state index in [0.717, 1.165) is 31.7 Å². The molecule has 0 spiro atoms. The molecule has 0 heterocycles. The van der Waals surface area contributed by atoms with E-state index in [0.29, 0.717) is 6.04 Å². The number of benzene rings is 1. The molecule has 1 aromatic rings. The van der Waals surface area contributed by atoms with Crippen LogP contribution in [0.25, 0.3) is 0 Å². The fraction of sp³-hybridized carbons (Fsp3) is 0.467. The summed E-state index contributed by atoms with van der Waals surface area (Å²) in [4.78, 5) is 0. The lowest BCUT2D eigenvalue weighted by Crippen LogP contribution is -2.32. The fourth-order valence-electron chi connectivity index (χ4n) is 1.65. The van der Waals surface area contributed by atoms with Crippen LogP contribution < -0.4 is 10.1 Å². The Bertz CT molecular complexity index is 321. The minimum Gasteiger partial charge on any atom is -0.494 e. The van der Waals surface area contributed by atoms with E-state index >= 15 is 0 Å². The summed E-state index contributed by atoms with van der Waals surface area (Å²) in [5.41, 5.74) is 1.18. The third-order valence-corrected chi connectivity index (χ3v) is 2.65. The zero-order valence-electron chi connectivity index (χ0n) is 10.9. The normalized spacial score (nSPS) is 12.1. The fourth-order valence-corrected chi connectivity index (χ4v) is 1.65. The van der Waals surface area contributed by atoms with Crippen molar-refractivity contribution in [1.29, 1.82) is 0 Å². The van der Waals surface area contributed by atoms with Gasteiger partial charge in [-0.1, -0.05) is 37.3 Å². The van der Waals surface area contributed by atoms with Gasteiger partial charge in [0.1, 0.15) is 5.75 Å². The van der Waals surface area contributed by atoms with Crippen molar-refractivity contribution in [2.45, 2.75) is 32.7 Å². The van der Waals surface area contributed by atoms with E-state index in [4.69, 9.17) is 4.74 Å². The summed E-state index contributed by atoms with van der Waals surface area (Å²) in [6, 6.07) is 10.3. The van der Waals surface area contributed by atoms with Gasteiger partial charge < -0.3 is 10.1 Å². The van der Waals surface area contributed by atoms with Gasteiger partial charge in [0.05, 0.1) is 6.61 Å². The number of nitrogens with one attached hydrogen (secondary N) is 1. The maximum Gasteiger partial charge on any atom is 0.119 e. The first kappa shape index (κ1) is 13.8. The number of para-hydroxylation sites is 1. The Morgan fingerprint density at radius 1 is 1.35 bits per heavy atom. The highest BCUT2D eigenvalue weighted by Gasteiger charge is 2.07. The van der Waals surface area contributed by atoms with E-state index < -0.39 is 0 Å². The molecule has 1 N–H and O–H groups in total. The molecule has 1 unspecified atom stereocenters. The highest BCUT2D eigenvalue weighted by Crippen LogP contribution is 2.10. The zero-order valence-corrected chi connectivity index (χ0v) is 10.9. The first-order valence-electron chi connectivity index (χ1n) is 6.30. The molecule has 94 valence electrons. The Balaban J connectivity index is 2.29. The number of rotatable bonds is 8. The van der Waals surface area contributed by atoms with Crippen molar-refractivity contribution in [3.8, 4) is 5.75 Å². The molecular formula is C15H23NO. The van der Waals surface area contributed by atoms with Crippen molar-refractivity contribution >= 4 is 0 Å². The Hall–Kier alpha value is -1.28. The van der Waals surface area contributed by atoms with Crippen LogP contribution in [0.2, 0.25) is 0 Å². The summed E-state index contributed by atoms with van der Waals surface area (Å²) in [6.07, 6.45) is 2.10. The Morgan fingerprint density at radius 3 is 2.65 bits per heavy atom. The number of ether oxygens (including phenoxy) is 1. The molecule has 0 aliphatic carbocycles. The Labute approximate surface area is 105 Å². The average molecular weight is 233 g/mol. The summed E-state index contributed by atoms with van der Waals surface area (Å²) in [6.45, 7) is 10.0. The molecule has 1 atom stereocenters. The van der Waals surface area contributed by atoms with Crippen molar-refractivity contribution in [3.05, 3.63) is 42.5 Å². The lowest BCUT2D eigenvalue weighted by atomic mass is 10.1. The summed E-state index contributed by atoms with van der Waals surface area (Å²) < 4.78 is 5.69. The molecule has 0 aliphatic rings. The van der Waals surface area contributed by atoms with E-state index in [1.807, 2.05) is 30.3 Å². The second-order valence-corrected chi connectivity index (χ2v) is 4.30. The second kappa shape index (κ2) is 7.91. The third-order valence-electron chi connectivity index (χ3n) is 2.65. The van der Waals surface area contributed by atoms with Crippen LogP contribution in [-0.2, 0) is 0 Å². The summed E-state index contributed by atoms with van der Waals surface area (Å²) in [7, 11) is 0. The molecular weight excluding hydrogens is 210 g/mol. The molecule has 2 heteroatoms. The van der Waals surface area contributed by atoms with Crippen LogP contribution >= 0.6 is 0 Å². The van der Waals surface area contributed by atoms with Gasteiger partial charge in [-0.05, 0) is 32.0 Å². The SMILES string of the molecule is C=C(C)C(CCOc1ccccc1)NCCC. The van der Waals surface area contributed by atoms with Gasteiger partial charge in [0.15, 0.2) is 0 Å². The summed E-state index contributed by atoms with van der Waals surface area (Å²) >= 11 is 0. The summed E-state index contributed by atoms with van der Waals surface area (Å²) in [5, 5.41) is 3.48. The first-order valence-corrected chi connectivity index (χ1v) is 6.30. The molecule has 0 aromatic heterocycles. The monoisotopic (exact) mass is 233 g/mol. The molecule has 0 radical (unpaired) electrons. The van der Waals surface area contributed by atoms with E-state index in [1.165, 1.54) is 5.57 Å². The highest BCUT2D eigenvalue weighted by atomic mass is 16.5. The van der Waals surface area contributed by atoms with Crippen molar-refractivity contribution in [3.63, 3.8) is 0 Å². The predicted molar refractivity (Wildman–Crippen MR) is 73.4 cm³/mol. The molecule has 0 aliphatic heterocycles. The largest absolute Gasteiger partial charge is 0.494 e. The van der Waals surface area contributed by atoms with Crippen molar-refractivity contribution in [2.75, 3.05) is 13.2 Å². The predicted octanol–water partition coefficient (Wildman–Crippen LogP) is 3.40. The Morgan fingerprint density at radius 2 is 2.06 bits per heavy atom. The quantitative estimate of drug-likeness (QED) is 0.695. The first-order chi connectivity index (χ1) is 8.24. The van der Waals surface area contributed by atoms with Gasteiger partial charge in [-0.2, -0.15) is 0 Å². The van der Waals surface area contributed by atoms with E-state index in [9.17, 15) is 0 Å². The summed E-state index contributed by atoms with van der Waals surface area (Å²) in [5.74, 6) is 0.934. The van der Waals surface area contributed by atoms with Crippen molar-refractivity contribution in [2.24, 2.45) is 0 Å². The standard InChI is InChI=1S/C15H23NO/c1-4-11-16-15(13(2)3)10-12-17-14-8-6-5-7-9-14/h5-9,15-16H,2,4,10-12H2,1,3H3. The van der Waals surface area contributed by atoms with E-state index in [2.05, 4.69) is 25.7 Å². The second-order valence-electron chi connectivity index (χ2n) is 4.30. The van der Waals surface area contributed by atoms with Crippen LogP contribution in [0.1, 0.15) is 26.7 Å². The average Bonchev–Trinajstić information content (AvgIpc) is 2.34. The lowest BCUT2D eigenvalue weighted by molar-refractivity contribution is 0.294. The lowest BCUT2D eigenvalue weighted by Gasteiger charge is -2.18. The third kappa shape index (κ3) is 5.55. The van der Waals surface area contributed by atoms with Gasteiger partial charge in [-0.3, -0.25) is 0 Å². The van der Waals surface area contributed by atoms with Crippen LogP contribution in [0, 0.1) is 0 Å². The van der Waals surface area contributed by atoms with Crippen LogP contribution in [0.4, 0.5) is 0 Å². The van der Waals surface area contributed by atoms with Gasteiger partial charge in [0.2, 0.25) is 0 Å². The van der Waals surface area contributed by atoms with Crippen molar-refractivity contribution in [1.82, 2.24) is 5.32 Å². The van der Waals surface area contributed by atoms with Gasteiger partial charge in [0, 0.05) is 12.5 Å². The van der Waals surface area contributed by atoms with Gasteiger partial charge >= 0.3 is 0 Å². The minimum absolute atomic E-state index is 0.360. The van der Waals surface area contributed by atoms with Crippen LogP contribution in [0.3, 0.4) is 0 Å². The smallest absolute Gasteiger partial charge is 0.119 e. The molecule has 0 fully saturated rings. The van der Waals surface area contributed by atoms with Crippen LogP contribution in [0.15, 0.2) is 42.5 Å². The maximum absolute atomic E-state index is 5.69. The molecule has 1 rings (SSSR count). The molecule has 17 heavy (non-hydrogen) atoms. The molecule has 0 saturated carbocycles. The zero-order chi connectivity index (χ0) is 12.5. The Kier molecular flexibility index (Phi) is 6.41. The molecule has 1 aromatic carbocycles.